The van der Waals surface area contributed by atoms with E-state index in [0.29, 0.717) is 5.69 Å². The van der Waals surface area contributed by atoms with E-state index in [1.165, 1.54) is 0 Å². The lowest BCUT2D eigenvalue weighted by Gasteiger charge is -2.12. The lowest BCUT2D eigenvalue weighted by atomic mass is 10.1. The van der Waals surface area contributed by atoms with E-state index in [4.69, 9.17) is 0 Å². The molecule has 0 spiro atoms. The standard InChI is InChI=1S/C13H15NO2/c1-8(2)14-11-6-4-5-9(3)10(11)7-12(14)13(15)16/h4-8H,1-3H3,(H,15,16). The molecular weight excluding hydrogens is 202 g/mol. The Balaban J connectivity index is 2.86. The summed E-state index contributed by atoms with van der Waals surface area (Å²) < 4.78 is 1.87. The van der Waals surface area contributed by atoms with Gasteiger partial charge >= 0.3 is 5.97 Å². The van der Waals surface area contributed by atoms with E-state index in [0.717, 1.165) is 16.5 Å². The minimum Gasteiger partial charge on any atom is -0.477 e. The van der Waals surface area contributed by atoms with Gasteiger partial charge in [-0.2, -0.15) is 0 Å². The average Bonchev–Trinajstić information content (AvgIpc) is 2.58. The number of carboxylic acid groups (broad SMARTS) is 1. The summed E-state index contributed by atoms with van der Waals surface area (Å²) in [5.74, 6) is -0.871. The molecule has 0 atom stereocenters. The zero-order valence-electron chi connectivity index (χ0n) is 9.69. The minimum absolute atomic E-state index is 0.144. The number of nitrogens with zero attached hydrogens (tertiary/aromatic N) is 1. The number of hydrogen-bond donors (Lipinski definition) is 1. The molecule has 0 aliphatic rings. The number of aromatic nitrogens is 1. The molecule has 1 aromatic heterocycles. The quantitative estimate of drug-likeness (QED) is 0.839. The fourth-order valence-electron chi connectivity index (χ4n) is 2.12. The second-order valence-corrected chi connectivity index (χ2v) is 4.31. The second-order valence-electron chi connectivity index (χ2n) is 4.31. The topological polar surface area (TPSA) is 42.2 Å². The molecule has 1 heterocycles. The van der Waals surface area contributed by atoms with Gasteiger partial charge in [0.05, 0.1) is 0 Å². The van der Waals surface area contributed by atoms with Crippen molar-refractivity contribution in [2.45, 2.75) is 26.8 Å². The van der Waals surface area contributed by atoms with Gasteiger partial charge in [-0.15, -0.1) is 0 Å². The molecule has 0 aliphatic carbocycles. The summed E-state index contributed by atoms with van der Waals surface area (Å²) in [5, 5.41) is 10.2. The number of carboxylic acids is 1. The van der Waals surface area contributed by atoms with Crippen LogP contribution in [0.1, 0.15) is 35.9 Å². The molecular formula is C13H15NO2. The van der Waals surface area contributed by atoms with Crippen LogP contribution in [0.3, 0.4) is 0 Å². The first-order valence-electron chi connectivity index (χ1n) is 5.36. The van der Waals surface area contributed by atoms with Gasteiger partial charge in [-0.1, -0.05) is 12.1 Å². The molecule has 0 fully saturated rings. The number of benzene rings is 1. The molecule has 0 saturated heterocycles. The van der Waals surface area contributed by atoms with E-state index in [-0.39, 0.29) is 6.04 Å². The van der Waals surface area contributed by atoms with Crippen LogP contribution in [0.15, 0.2) is 24.3 Å². The van der Waals surface area contributed by atoms with Crippen LogP contribution < -0.4 is 0 Å². The highest BCUT2D eigenvalue weighted by atomic mass is 16.4. The van der Waals surface area contributed by atoms with Crippen molar-refractivity contribution < 1.29 is 9.90 Å². The molecule has 3 nitrogen and oxygen atoms in total. The third-order valence-electron chi connectivity index (χ3n) is 2.84. The van der Waals surface area contributed by atoms with Crippen LogP contribution in [0.5, 0.6) is 0 Å². The van der Waals surface area contributed by atoms with E-state index in [1.54, 1.807) is 6.07 Å². The first-order chi connectivity index (χ1) is 7.52. The van der Waals surface area contributed by atoms with Crippen LogP contribution in [0, 0.1) is 6.92 Å². The number of hydrogen-bond acceptors (Lipinski definition) is 1. The maximum atomic E-state index is 11.2. The second kappa shape index (κ2) is 3.67. The van der Waals surface area contributed by atoms with Gasteiger partial charge in [0, 0.05) is 16.9 Å². The molecule has 0 aliphatic heterocycles. The van der Waals surface area contributed by atoms with Crippen molar-refractivity contribution in [3.8, 4) is 0 Å². The van der Waals surface area contributed by atoms with Crippen molar-refractivity contribution in [1.29, 1.82) is 0 Å². The highest BCUT2D eigenvalue weighted by molar-refractivity contribution is 5.96. The number of aryl methyl sites for hydroxylation is 1. The Morgan fingerprint density at radius 3 is 2.62 bits per heavy atom. The van der Waals surface area contributed by atoms with Crippen molar-refractivity contribution in [1.82, 2.24) is 4.57 Å². The summed E-state index contributed by atoms with van der Waals surface area (Å²) >= 11 is 0. The van der Waals surface area contributed by atoms with Crippen molar-refractivity contribution in [3.63, 3.8) is 0 Å². The van der Waals surface area contributed by atoms with Gasteiger partial charge in [-0.3, -0.25) is 0 Å². The molecule has 0 amide bonds. The number of aromatic carboxylic acids is 1. The Hall–Kier alpha value is -1.77. The van der Waals surface area contributed by atoms with Crippen molar-refractivity contribution in [2.24, 2.45) is 0 Å². The summed E-state index contributed by atoms with van der Waals surface area (Å²) in [4.78, 5) is 11.2. The zero-order chi connectivity index (χ0) is 11.9. The van der Waals surface area contributed by atoms with Gasteiger partial charge < -0.3 is 9.67 Å². The summed E-state index contributed by atoms with van der Waals surface area (Å²) in [7, 11) is 0. The van der Waals surface area contributed by atoms with Gasteiger partial charge in [0.25, 0.3) is 0 Å². The Morgan fingerprint density at radius 1 is 1.38 bits per heavy atom. The van der Waals surface area contributed by atoms with Crippen molar-refractivity contribution >= 4 is 16.9 Å². The van der Waals surface area contributed by atoms with E-state index < -0.39 is 5.97 Å². The van der Waals surface area contributed by atoms with Gasteiger partial charge in [-0.05, 0) is 38.5 Å². The molecule has 0 unspecified atom stereocenters. The summed E-state index contributed by atoms with van der Waals surface area (Å²) in [6.45, 7) is 5.99. The van der Waals surface area contributed by atoms with Gasteiger partial charge in [0.1, 0.15) is 5.69 Å². The molecule has 3 heteroatoms. The van der Waals surface area contributed by atoms with Crippen molar-refractivity contribution in [3.05, 3.63) is 35.5 Å². The Kier molecular flexibility index (Phi) is 2.46. The van der Waals surface area contributed by atoms with Crippen LogP contribution in [0.2, 0.25) is 0 Å². The minimum atomic E-state index is -0.871. The van der Waals surface area contributed by atoms with Gasteiger partial charge in [-0.25, -0.2) is 4.79 Å². The normalized spacial score (nSPS) is 11.2. The smallest absolute Gasteiger partial charge is 0.352 e. The highest BCUT2D eigenvalue weighted by Crippen LogP contribution is 2.26. The predicted octanol–water partition coefficient (Wildman–Crippen LogP) is 3.23. The highest BCUT2D eigenvalue weighted by Gasteiger charge is 2.16. The molecule has 16 heavy (non-hydrogen) atoms. The van der Waals surface area contributed by atoms with E-state index >= 15 is 0 Å². The summed E-state index contributed by atoms with van der Waals surface area (Å²) in [5.41, 5.74) is 2.46. The number of fused-ring (bicyclic) bond motifs is 1. The van der Waals surface area contributed by atoms with Crippen LogP contribution in [0.25, 0.3) is 10.9 Å². The van der Waals surface area contributed by atoms with Gasteiger partial charge in [0.15, 0.2) is 0 Å². The first-order valence-corrected chi connectivity index (χ1v) is 5.36. The molecule has 1 aromatic carbocycles. The predicted molar refractivity (Wildman–Crippen MR) is 64.0 cm³/mol. The Bertz CT molecular complexity index is 552. The number of rotatable bonds is 2. The lowest BCUT2D eigenvalue weighted by Crippen LogP contribution is -2.10. The maximum absolute atomic E-state index is 11.2. The SMILES string of the molecule is Cc1cccc2c1cc(C(=O)O)n2C(C)C. The molecule has 2 aromatic rings. The molecule has 84 valence electrons. The average molecular weight is 217 g/mol. The van der Waals surface area contributed by atoms with E-state index in [9.17, 15) is 9.90 Å². The van der Waals surface area contributed by atoms with E-state index in [1.807, 2.05) is 43.5 Å². The third-order valence-corrected chi connectivity index (χ3v) is 2.84. The Labute approximate surface area is 94.3 Å². The van der Waals surface area contributed by atoms with Crippen LogP contribution >= 0.6 is 0 Å². The zero-order valence-corrected chi connectivity index (χ0v) is 9.69. The summed E-state index contributed by atoms with van der Waals surface area (Å²) in [6.07, 6.45) is 0. The fourth-order valence-corrected chi connectivity index (χ4v) is 2.12. The molecule has 0 bridgehead atoms. The van der Waals surface area contributed by atoms with Crippen LogP contribution in [-0.4, -0.2) is 15.6 Å². The number of carbonyl (C=O) groups is 1. The molecule has 1 N–H and O–H groups in total. The van der Waals surface area contributed by atoms with Crippen LogP contribution in [-0.2, 0) is 0 Å². The largest absolute Gasteiger partial charge is 0.477 e. The monoisotopic (exact) mass is 217 g/mol. The van der Waals surface area contributed by atoms with E-state index in [2.05, 4.69) is 0 Å². The van der Waals surface area contributed by atoms with Crippen LogP contribution in [0.4, 0.5) is 0 Å². The molecule has 2 rings (SSSR count). The van der Waals surface area contributed by atoms with Gasteiger partial charge in [0.2, 0.25) is 0 Å². The maximum Gasteiger partial charge on any atom is 0.352 e. The van der Waals surface area contributed by atoms with Crippen molar-refractivity contribution in [2.75, 3.05) is 0 Å². The Morgan fingerprint density at radius 2 is 2.06 bits per heavy atom. The first kappa shape index (κ1) is 10.7. The molecule has 0 radical (unpaired) electrons. The third kappa shape index (κ3) is 1.48. The summed E-state index contributed by atoms with van der Waals surface area (Å²) in [6, 6.07) is 7.83. The fraction of sp³-hybridized carbons (Fsp3) is 0.308. The lowest BCUT2D eigenvalue weighted by molar-refractivity contribution is 0.0684. The molecule has 0 saturated carbocycles.